The molecule has 0 amide bonds. The first-order valence-corrected chi connectivity index (χ1v) is 19.0. The second kappa shape index (κ2) is 12.3. The average Bonchev–Trinajstić information content (AvgIpc) is 3.96. The fourth-order valence-corrected chi connectivity index (χ4v) is 8.41. The van der Waals surface area contributed by atoms with Gasteiger partial charge in [0.05, 0.1) is 22.3 Å². The van der Waals surface area contributed by atoms with Gasteiger partial charge in [-0.05, 0) is 65.7 Å². The van der Waals surface area contributed by atoms with Gasteiger partial charge in [-0.3, -0.25) is 0 Å². The Morgan fingerprint density at radius 2 is 0.930 bits per heavy atom. The summed E-state index contributed by atoms with van der Waals surface area (Å²) >= 11 is 0. The molecule has 6 nitrogen and oxygen atoms in total. The van der Waals surface area contributed by atoms with Crippen molar-refractivity contribution in [3.8, 4) is 51.0 Å². The zero-order chi connectivity index (χ0) is 37.5. The maximum Gasteiger partial charge on any atom is 0.167 e. The van der Waals surface area contributed by atoms with Crippen molar-refractivity contribution in [3.63, 3.8) is 0 Å². The Labute approximate surface area is 325 Å². The van der Waals surface area contributed by atoms with Gasteiger partial charge >= 0.3 is 0 Å². The van der Waals surface area contributed by atoms with Crippen LogP contribution in [0.15, 0.2) is 191 Å². The van der Waals surface area contributed by atoms with Gasteiger partial charge in [0, 0.05) is 43.4 Å². The van der Waals surface area contributed by atoms with Crippen LogP contribution in [0.4, 0.5) is 0 Å². The van der Waals surface area contributed by atoms with Gasteiger partial charge < -0.3 is 13.4 Å². The van der Waals surface area contributed by atoms with Crippen LogP contribution < -0.4 is 0 Å². The van der Waals surface area contributed by atoms with Gasteiger partial charge in [-0.2, -0.15) is 0 Å². The van der Waals surface area contributed by atoms with Crippen LogP contribution in [-0.2, 0) is 0 Å². The molecular formula is C51H30N4O2. The first-order valence-electron chi connectivity index (χ1n) is 19.0. The molecule has 0 fully saturated rings. The predicted octanol–water partition coefficient (Wildman–Crippen LogP) is 13.4. The molecule has 266 valence electrons. The Kier molecular flexibility index (Phi) is 6.83. The molecule has 0 aliphatic carbocycles. The van der Waals surface area contributed by atoms with E-state index in [0.717, 1.165) is 99.2 Å². The van der Waals surface area contributed by atoms with Gasteiger partial charge in [0.15, 0.2) is 23.1 Å². The van der Waals surface area contributed by atoms with Crippen LogP contribution in [0.25, 0.3) is 117 Å². The van der Waals surface area contributed by atoms with Crippen LogP contribution >= 0.6 is 0 Å². The lowest BCUT2D eigenvalue weighted by Crippen LogP contribution is -2.00. The summed E-state index contributed by atoms with van der Waals surface area (Å²) < 4.78 is 15.5. The molecule has 4 heterocycles. The lowest BCUT2D eigenvalue weighted by Gasteiger charge is -2.10. The second-order valence-electron chi connectivity index (χ2n) is 14.4. The number of aromatic nitrogens is 4. The van der Waals surface area contributed by atoms with E-state index in [1.54, 1.807) is 0 Å². The van der Waals surface area contributed by atoms with Gasteiger partial charge in [-0.15, -0.1) is 0 Å². The molecule has 57 heavy (non-hydrogen) atoms. The lowest BCUT2D eigenvalue weighted by molar-refractivity contribution is 0.666. The number of hydrogen-bond acceptors (Lipinski definition) is 5. The molecule has 0 spiro atoms. The Morgan fingerprint density at radius 3 is 1.77 bits per heavy atom. The molecule has 0 aliphatic rings. The molecular weight excluding hydrogens is 701 g/mol. The summed E-state index contributed by atoms with van der Waals surface area (Å²) in [5.41, 5.74) is 11.3. The summed E-state index contributed by atoms with van der Waals surface area (Å²) in [4.78, 5) is 15.3. The van der Waals surface area contributed by atoms with E-state index in [9.17, 15) is 0 Å². The number of nitrogens with zero attached hydrogens (tertiary/aromatic N) is 4. The summed E-state index contributed by atoms with van der Waals surface area (Å²) in [6.07, 6.45) is 0. The molecule has 0 saturated carbocycles. The van der Waals surface area contributed by atoms with Crippen molar-refractivity contribution >= 4 is 65.7 Å². The minimum Gasteiger partial charge on any atom is -0.455 e. The van der Waals surface area contributed by atoms with Gasteiger partial charge in [-0.1, -0.05) is 127 Å². The highest BCUT2D eigenvalue weighted by Gasteiger charge is 2.21. The van der Waals surface area contributed by atoms with Crippen molar-refractivity contribution < 1.29 is 8.83 Å². The molecule has 0 saturated heterocycles. The molecule has 0 bridgehead atoms. The number of benzene rings is 8. The molecule has 0 N–H and O–H groups in total. The molecule has 12 rings (SSSR count). The van der Waals surface area contributed by atoms with Gasteiger partial charge in [0.2, 0.25) is 0 Å². The quantitative estimate of drug-likeness (QED) is 0.176. The SMILES string of the molecule is c1ccc(-c2ccc3c(c2)oc2c(-n4c5ccccc5c5cc(-c6nc(-c7ccccc7)nc(-c7cccc8c7oc7ccccc78)n6)ccc54)cccc23)cc1. The van der Waals surface area contributed by atoms with Crippen molar-refractivity contribution in [1.82, 2.24) is 19.5 Å². The first kappa shape index (κ1) is 31.5. The van der Waals surface area contributed by atoms with Crippen LogP contribution in [0.3, 0.4) is 0 Å². The average molecular weight is 731 g/mol. The molecule has 0 aliphatic heterocycles. The molecule has 0 radical (unpaired) electrons. The highest BCUT2D eigenvalue weighted by molar-refractivity contribution is 6.14. The largest absolute Gasteiger partial charge is 0.455 e. The number of rotatable bonds is 5. The number of furan rings is 2. The molecule has 4 aromatic heterocycles. The summed E-state index contributed by atoms with van der Waals surface area (Å²) in [6, 6.07) is 62.7. The topological polar surface area (TPSA) is 69.9 Å². The van der Waals surface area contributed by atoms with Crippen LogP contribution in [-0.4, -0.2) is 19.5 Å². The highest BCUT2D eigenvalue weighted by Crippen LogP contribution is 2.41. The third-order valence-corrected chi connectivity index (χ3v) is 11.1. The molecule has 12 aromatic rings. The molecule has 8 aromatic carbocycles. The van der Waals surface area contributed by atoms with E-state index in [0.29, 0.717) is 17.5 Å². The van der Waals surface area contributed by atoms with Crippen molar-refractivity contribution in [2.75, 3.05) is 0 Å². The predicted molar refractivity (Wildman–Crippen MR) is 230 cm³/mol. The van der Waals surface area contributed by atoms with E-state index < -0.39 is 0 Å². The Bertz CT molecular complexity index is 3530. The van der Waals surface area contributed by atoms with Crippen molar-refractivity contribution in [2.45, 2.75) is 0 Å². The second-order valence-corrected chi connectivity index (χ2v) is 14.4. The van der Waals surface area contributed by atoms with Gasteiger partial charge in [0.1, 0.15) is 16.7 Å². The maximum atomic E-state index is 6.77. The third-order valence-electron chi connectivity index (χ3n) is 11.1. The van der Waals surface area contributed by atoms with E-state index >= 15 is 0 Å². The van der Waals surface area contributed by atoms with E-state index in [1.807, 2.05) is 66.7 Å². The number of fused-ring (bicyclic) bond motifs is 9. The summed E-state index contributed by atoms with van der Waals surface area (Å²) in [7, 11) is 0. The Morgan fingerprint density at radius 1 is 0.333 bits per heavy atom. The van der Waals surface area contributed by atoms with Crippen LogP contribution in [0.2, 0.25) is 0 Å². The van der Waals surface area contributed by atoms with Crippen molar-refractivity contribution in [1.29, 1.82) is 0 Å². The third kappa shape index (κ3) is 4.94. The van der Waals surface area contributed by atoms with E-state index in [1.165, 1.54) is 0 Å². The highest BCUT2D eigenvalue weighted by atomic mass is 16.3. The maximum absolute atomic E-state index is 6.77. The molecule has 6 heteroatoms. The molecule has 0 atom stereocenters. The Hall–Kier alpha value is -7.83. The zero-order valence-corrected chi connectivity index (χ0v) is 30.4. The van der Waals surface area contributed by atoms with Crippen LogP contribution in [0.1, 0.15) is 0 Å². The monoisotopic (exact) mass is 730 g/mol. The van der Waals surface area contributed by atoms with Crippen LogP contribution in [0, 0.1) is 0 Å². The minimum atomic E-state index is 0.554. The normalized spacial score (nSPS) is 11.9. The Balaban J connectivity index is 1.05. The van der Waals surface area contributed by atoms with Gasteiger partial charge in [0.25, 0.3) is 0 Å². The zero-order valence-electron chi connectivity index (χ0n) is 30.4. The van der Waals surface area contributed by atoms with Crippen LogP contribution in [0.5, 0.6) is 0 Å². The standard InChI is InChI=1S/C51H30N4O2/c1-3-13-31(14-4-1)33-25-27-37-39-20-12-23-44(48(39)57-46(37)30-33)55-42-22-9-7-17-35(42)41-29-34(26-28-43(41)55)50-52-49(32-15-5-2-6-16-32)53-51(54-50)40-21-11-19-38-36-18-8-10-24-45(36)56-47(38)40/h1-30H. The van der Waals surface area contributed by atoms with Crippen molar-refractivity contribution in [2.24, 2.45) is 0 Å². The molecule has 0 unspecified atom stereocenters. The smallest absolute Gasteiger partial charge is 0.167 e. The van der Waals surface area contributed by atoms with Crippen molar-refractivity contribution in [3.05, 3.63) is 182 Å². The fourth-order valence-electron chi connectivity index (χ4n) is 8.41. The fraction of sp³-hybridized carbons (Fsp3) is 0. The number of hydrogen-bond donors (Lipinski definition) is 0. The summed E-state index contributed by atoms with van der Waals surface area (Å²) in [5.74, 6) is 1.73. The van der Waals surface area contributed by atoms with Gasteiger partial charge in [-0.25, -0.2) is 15.0 Å². The lowest BCUT2D eigenvalue weighted by atomic mass is 10.0. The minimum absolute atomic E-state index is 0.554. The first-order chi connectivity index (χ1) is 28.2. The van der Waals surface area contributed by atoms with E-state index in [2.05, 4.69) is 120 Å². The van der Waals surface area contributed by atoms with E-state index in [-0.39, 0.29) is 0 Å². The summed E-state index contributed by atoms with van der Waals surface area (Å²) in [6.45, 7) is 0. The van der Waals surface area contributed by atoms with E-state index in [4.69, 9.17) is 23.8 Å². The number of para-hydroxylation sites is 4. The summed E-state index contributed by atoms with van der Waals surface area (Å²) in [5, 5.41) is 6.47.